The Morgan fingerprint density at radius 2 is 1.81 bits per heavy atom. The maximum Gasteiger partial charge on any atom is 0.137 e. The van der Waals surface area contributed by atoms with E-state index in [1.165, 1.54) is 16.5 Å². The molecule has 0 bridgehead atoms. The number of nitrogens with zero attached hydrogens (tertiary/aromatic N) is 1. The molecule has 0 aliphatic rings. The van der Waals surface area contributed by atoms with Crippen LogP contribution in [0.1, 0.15) is 5.56 Å². The third-order valence-corrected chi connectivity index (χ3v) is 2.89. The summed E-state index contributed by atoms with van der Waals surface area (Å²) in [5.74, 6) is 0. The third kappa shape index (κ3) is 1.31. The molecule has 1 N–H and O–H groups in total. The van der Waals surface area contributed by atoms with Gasteiger partial charge in [0.05, 0.1) is 5.69 Å². The van der Waals surface area contributed by atoms with Crippen LogP contribution >= 0.6 is 0 Å². The van der Waals surface area contributed by atoms with Crippen molar-refractivity contribution >= 4 is 11.0 Å². The lowest BCUT2D eigenvalue weighted by molar-refractivity contribution is 1.32. The van der Waals surface area contributed by atoms with Crippen LogP contribution in [-0.2, 0) is 0 Å². The minimum absolute atomic E-state index is 0.957. The van der Waals surface area contributed by atoms with E-state index < -0.39 is 0 Å². The second-order valence-corrected chi connectivity index (χ2v) is 3.89. The van der Waals surface area contributed by atoms with Crippen LogP contribution in [0.25, 0.3) is 22.3 Å². The Balaban J connectivity index is 2.29. The van der Waals surface area contributed by atoms with E-state index in [0.29, 0.717) is 0 Å². The van der Waals surface area contributed by atoms with E-state index in [0.717, 1.165) is 11.3 Å². The fourth-order valence-electron chi connectivity index (χ4n) is 2.05. The van der Waals surface area contributed by atoms with E-state index in [4.69, 9.17) is 0 Å². The summed E-state index contributed by atoms with van der Waals surface area (Å²) in [5.41, 5.74) is 4.58. The molecule has 1 aromatic carbocycles. The largest absolute Gasteiger partial charge is 0.339 e. The average molecular weight is 208 g/mol. The van der Waals surface area contributed by atoms with Gasteiger partial charge in [0.2, 0.25) is 0 Å². The molecule has 0 fully saturated rings. The second-order valence-electron chi connectivity index (χ2n) is 3.89. The van der Waals surface area contributed by atoms with E-state index in [9.17, 15) is 0 Å². The summed E-state index contributed by atoms with van der Waals surface area (Å²) in [5, 5.41) is 1.20. The predicted octanol–water partition coefficient (Wildman–Crippen LogP) is 3.54. The van der Waals surface area contributed by atoms with Gasteiger partial charge in [-0.1, -0.05) is 30.3 Å². The molecule has 3 rings (SSSR count). The first kappa shape index (κ1) is 9.16. The molecule has 78 valence electrons. The van der Waals surface area contributed by atoms with Gasteiger partial charge in [0.1, 0.15) is 5.65 Å². The summed E-state index contributed by atoms with van der Waals surface area (Å²) in [6, 6.07) is 14.4. The van der Waals surface area contributed by atoms with Gasteiger partial charge >= 0.3 is 0 Å². The topological polar surface area (TPSA) is 28.7 Å². The quantitative estimate of drug-likeness (QED) is 0.651. The number of hydrogen-bond donors (Lipinski definition) is 1. The molecule has 0 aliphatic carbocycles. The highest BCUT2D eigenvalue weighted by Crippen LogP contribution is 2.27. The predicted molar refractivity (Wildman–Crippen MR) is 66.3 cm³/mol. The van der Waals surface area contributed by atoms with E-state index in [2.05, 4.69) is 35.1 Å². The lowest BCUT2D eigenvalue weighted by atomic mass is 10.1. The molecule has 0 aliphatic heterocycles. The Bertz CT molecular complexity index is 624. The van der Waals surface area contributed by atoms with Crippen molar-refractivity contribution in [2.45, 2.75) is 6.92 Å². The number of hydrogen-bond acceptors (Lipinski definition) is 1. The molecule has 0 saturated heterocycles. The van der Waals surface area contributed by atoms with Crippen molar-refractivity contribution in [1.82, 2.24) is 9.97 Å². The summed E-state index contributed by atoms with van der Waals surface area (Å²) in [4.78, 5) is 7.70. The number of benzene rings is 1. The van der Waals surface area contributed by atoms with Crippen LogP contribution in [0.3, 0.4) is 0 Å². The SMILES string of the molecule is Cc1c(-c2ccccc2)[nH]c2ncccc12. The molecule has 0 spiro atoms. The Morgan fingerprint density at radius 3 is 2.56 bits per heavy atom. The molecule has 0 saturated carbocycles. The van der Waals surface area contributed by atoms with Gasteiger partial charge in [-0.2, -0.15) is 0 Å². The number of rotatable bonds is 1. The van der Waals surface area contributed by atoms with Gasteiger partial charge in [-0.05, 0) is 30.2 Å². The molecular weight excluding hydrogens is 196 g/mol. The van der Waals surface area contributed by atoms with Crippen LogP contribution in [0.2, 0.25) is 0 Å². The molecule has 0 atom stereocenters. The first-order valence-corrected chi connectivity index (χ1v) is 5.35. The van der Waals surface area contributed by atoms with Crippen molar-refractivity contribution in [3.63, 3.8) is 0 Å². The molecule has 0 radical (unpaired) electrons. The minimum atomic E-state index is 0.957. The molecule has 2 heteroatoms. The van der Waals surface area contributed by atoms with Crippen molar-refractivity contribution < 1.29 is 0 Å². The summed E-state index contributed by atoms with van der Waals surface area (Å²) >= 11 is 0. The Hall–Kier alpha value is -2.09. The lowest BCUT2D eigenvalue weighted by Crippen LogP contribution is -1.79. The smallest absolute Gasteiger partial charge is 0.137 e. The van der Waals surface area contributed by atoms with Crippen LogP contribution in [0.4, 0.5) is 0 Å². The zero-order valence-electron chi connectivity index (χ0n) is 9.07. The molecule has 2 aromatic heterocycles. The molecule has 0 unspecified atom stereocenters. The van der Waals surface area contributed by atoms with E-state index in [1.54, 1.807) is 0 Å². The maximum atomic E-state index is 4.33. The number of aryl methyl sites for hydroxylation is 1. The van der Waals surface area contributed by atoms with Crippen LogP contribution in [-0.4, -0.2) is 9.97 Å². The van der Waals surface area contributed by atoms with Gasteiger partial charge in [-0.15, -0.1) is 0 Å². The standard InChI is InChI=1S/C14H12N2/c1-10-12-8-5-9-15-14(12)16-13(10)11-6-3-2-4-7-11/h2-9H,1H3,(H,15,16). The molecular formula is C14H12N2. The Labute approximate surface area is 94.0 Å². The third-order valence-electron chi connectivity index (χ3n) is 2.89. The summed E-state index contributed by atoms with van der Waals surface area (Å²) in [7, 11) is 0. The van der Waals surface area contributed by atoms with E-state index in [1.807, 2.05) is 30.5 Å². The zero-order valence-corrected chi connectivity index (χ0v) is 9.07. The molecule has 2 nitrogen and oxygen atoms in total. The van der Waals surface area contributed by atoms with Gasteiger partial charge in [-0.3, -0.25) is 0 Å². The fourth-order valence-corrected chi connectivity index (χ4v) is 2.05. The van der Waals surface area contributed by atoms with Crippen molar-refractivity contribution in [1.29, 1.82) is 0 Å². The van der Waals surface area contributed by atoms with Crippen molar-refractivity contribution in [3.05, 3.63) is 54.2 Å². The highest BCUT2D eigenvalue weighted by molar-refractivity contribution is 5.87. The highest BCUT2D eigenvalue weighted by atomic mass is 14.9. The van der Waals surface area contributed by atoms with Crippen molar-refractivity contribution in [2.24, 2.45) is 0 Å². The van der Waals surface area contributed by atoms with Crippen LogP contribution in [0.5, 0.6) is 0 Å². The van der Waals surface area contributed by atoms with Crippen LogP contribution in [0, 0.1) is 6.92 Å². The normalized spacial score (nSPS) is 10.8. The number of fused-ring (bicyclic) bond motifs is 1. The monoisotopic (exact) mass is 208 g/mol. The highest BCUT2D eigenvalue weighted by Gasteiger charge is 2.08. The molecule has 0 amide bonds. The van der Waals surface area contributed by atoms with Gasteiger partial charge in [0.15, 0.2) is 0 Å². The second kappa shape index (κ2) is 3.49. The number of pyridine rings is 1. The van der Waals surface area contributed by atoms with Gasteiger partial charge in [0.25, 0.3) is 0 Å². The number of aromatic nitrogens is 2. The Morgan fingerprint density at radius 1 is 1.00 bits per heavy atom. The summed E-state index contributed by atoms with van der Waals surface area (Å²) in [6.45, 7) is 2.13. The van der Waals surface area contributed by atoms with Gasteiger partial charge < -0.3 is 4.98 Å². The first-order valence-electron chi connectivity index (χ1n) is 5.35. The zero-order chi connectivity index (χ0) is 11.0. The number of nitrogens with one attached hydrogen (secondary N) is 1. The fraction of sp³-hybridized carbons (Fsp3) is 0.0714. The van der Waals surface area contributed by atoms with E-state index in [-0.39, 0.29) is 0 Å². The van der Waals surface area contributed by atoms with Crippen LogP contribution < -0.4 is 0 Å². The van der Waals surface area contributed by atoms with Crippen molar-refractivity contribution in [2.75, 3.05) is 0 Å². The molecule has 16 heavy (non-hydrogen) atoms. The average Bonchev–Trinajstić information content (AvgIpc) is 2.69. The lowest BCUT2D eigenvalue weighted by Gasteiger charge is -1.98. The van der Waals surface area contributed by atoms with Crippen LogP contribution in [0.15, 0.2) is 48.7 Å². The number of aromatic amines is 1. The first-order chi connectivity index (χ1) is 7.86. The van der Waals surface area contributed by atoms with E-state index >= 15 is 0 Å². The summed E-state index contributed by atoms with van der Waals surface area (Å²) < 4.78 is 0. The van der Waals surface area contributed by atoms with Crippen molar-refractivity contribution in [3.8, 4) is 11.3 Å². The minimum Gasteiger partial charge on any atom is -0.339 e. The van der Waals surface area contributed by atoms with Gasteiger partial charge in [-0.25, -0.2) is 4.98 Å². The number of H-pyrrole nitrogens is 1. The van der Waals surface area contributed by atoms with Gasteiger partial charge in [0, 0.05) is 11.6 Å². The molecule has 2 heterocycles. The molecule has 3 aromatic rings. The maximum absolute atomic E-state index is 4.33. The Kier molecular flexibility index (Phi) is 2.00. The summed E-state index contributed by atoms with van der Waals surface area (Å²) in [6.07, 6.45) is 1.81.